The molecule has 0 aromatic heterocycles. The second kappa shape index (κ2) is 5.53. The first kappa shape index (κ1) is 11.9. The van der Waals surface area contributed by atoms with Crippen molar-refractivity contribution in [1.82, 2.24) is 10.7 Å². The maximum absolute atomic E-state index is 11.1. The molecule has 0 aliphatic rings. The van der Waals surface area contributed by atoms with E-state index in [1.165, 1.54) is 6.92 Å². The molecule has 5 nitrogen and oxygen atoms in total. The average molecular weight is 187 g/mol. The number of carbonyl (C=O) groups excluding carboxylic acids is 2. The summed E-state index contributed by atoms with van der Waals surface area (Å²) in [6.45, 7) is 5.31. The molecule has 1 unspecified atom stereocenters. The van der Waals surface area contributed by atoms with Crippen LogP contribution in [-0.4, -0.2) is 17.9 Å². The minimum absolute atomic E-state index is 0.228. The molecule has 0 aromatic carbocycles. The SMILES string of the molecule is CC(=O)NC(CC(C)C)C(=O)NN. The van der Waals surface area contributed by atoms with E-state index in [0.29, 0.717) is 12.3 Å². The summed E-state index contributed by atoms with van der Waals surface area (Å²) in [5.41, 5.74) is 2.02. The number of nitrogens with two attached hydrogens (primary N) is 1. The van der Waals surface area contributed by atoms with Gasteiger partial charge in [-0.05, 0) is 12.3 Å². The zero-order chi connectivity index (χ0) is 10.4. The molecular formula is C8H17N3O2. The fourth-order valence-electron chi connectivity index (χ4n) is 1.05. The predicted molar refractivity (Wildman–Crippen MR) is 49.4 cm³/mol. The molecule has 0 fully saturated rings. The first-order valence-corrected chi connectivity index (χ1v) is 4.25. The monoisotopic (exact) mass is 187 g/mol. The van der Waals surface area contributed by atoms with Crippen molar-refractivity contribution in [3.8, 4) is 0 Å². The summed E-state index contributed by atoms with van der Waals surface area (Å²) in [7, 11) is 0. The van der Waals surface area contributed by atoms with E-state index < -0.39 is 6.04 Å². The van der Waals surface area contributed by atoms with Gasteiger partial charge in [0.1, 0.15) is 6.04 Å². The van der Waals surface area contributed by atoms with E-state index in [0.717, 1.165) is 0 Å². The standard InChI is InChI=1S/C8H17N3O2/c1-5(2)4-7(8(13)11-9)10-6(3)12/h5,7H,4,9H2,1-3H3,(H,10,12)(H,11,13). The Morgan fingerprint density at radius 3 is 2.23 bits per heavy atom. The lowest BCUT2D eigenvalue weighted by molar-refractivity contribution is -0.128. The fraction of sp³-hybridized carbons (Fsp3) is 0.750. The van der Waals surface area contributed by atoms with Gasteiger partial charge in [-0.3, -0.25) is 15.0 Å². The summed E-state index contributed by atoms with van der Waals surface area (Å²) in [6.07, 6.45) is 0.586. The first-order chi connectivity index (χ1) is 5.97. The Bertz CT molecular complexity index is 192. The van der Waals surface area contributed by atoms with Gasteiger partial charge < -0.3 is 5.32 Å². The van der Waals surface area contributed by atoms with Crippen molar-refractivity contribution in [3.05, 3.63) is 0 Å². The summed E-state index contributed by atoms with van der Waals surface area (Å²) in [4.78, 5) is 21.9. The van der Waals surface area contributed by atoms with Crippen LogP contribution < -0.4 is 16.6 Å². The van der Waals surface area contributed by atoms with Crippen LogP contribution in [0.25, 0.3) is 0 Å². The number of hydrogen-bond acceptors (Lipinski definition) is 3. The Balaban J connectivity index is 4.18. The fourth-order valence-corrected chi connectivity index (χ4v) is 1.05. The van der Waals surface area contributed by atoms with Gasteiger partial charge in [-0.2, -0.15) is 0 Å². The van der Waals surface area contributed by atoms with Crippen LogP contribution in [-0.2, 0) is 9.59 Å². The molecule has 0 saturated heterocycles. The maximum atomic E-state index is 11.1. The molecule has 0 rings (SSSR count). The largest absolute Gasteiger partial charge is 0.344 e. The molecule has 0 aliphatic carbocycles. The molecule has 0 heterocycles. The number of nitrogens with one attached hydrogen (secondary N) is 2. The highest BCUT2D eigenvalue weighted by molar-refractivity contribution is 5.86. The minimum Gasteiger partial charge on any atom is -0.344 e. The van der Waals surface area contributed by atoms with Crippen molar-refractivity contribution in [2.75, 3.05) is 0 Å². The Morgan fingerprint density at radius 2 is 1.92 bits per heavy atom. The second-order valence-electron chi connectivity index (χ2n) is 3.39. The summed E-state index contributed by atoms with van der Waals surface area (Å²) in [5, 5.41) is 2.53. The van der Waals surface area contributed by atoms with E-state index in [2.05, 4.69) is 5.32 Å². The maximum Gasteiger partial charge on any atom is 0.256 e. The lowest BCUT2D eigenvalue weighted by Gasteiger charge is -2.17. The molecular weight excluding hydrogens is 170 g/mol. The second-order valence-corrected chi connectivity index (χ2v) is 3.39. The lowest BCUT2D eigenvalue weighted by atomic mass is 10.0. The van der Waals surface area contributed by atoms with Gasteiger partial charge in [0.25, 0.3) is 5.91 Å². The van der Waals surface area contributed by atoms with Crippen LogP contribution >= 0.6 is 0 Å². The smallest absolute Gasteiger partial charge is 0.256 e. The van der Waals surface area contributed by atoms with Gasteiger partial charge in [0.15, 0.2) is 0 Å². The number of hydrogen-bond donors (Lipinski definition) is 3. The van der Waals surface area contributed by atoms with Gasteiger partial charge in [0.2, 0.25) is 5.91 Å². The molecule has 13 heavy (non-hydrogen) atoms. The van der Waals surface area contributed by atoms with E-state index in [4.69, 9.17) is 5.84 Å². The van der Waals surface area contributed by atoms with Crippen LogP contribution in [0.4, 0.5) is 0 Å². The summed E-state index contributed by atoms with van der Waals surface area (Å²) in [6, 6.07) is -0.525. The number of rotatable bonds is 4. The molecule has 0 aliphatic heterocycles. The van der Waals surface area contributed by atoms with Crippen molar-refractivity contribution in [3.63, 3.8) is 0 Å². The molecule has 4 N–H and O–H groups in total. The Labute approximate surface area is 78.0 Å². The van der Waals surface area contributed by atoms with Crippen LogP contribution in [0, 0.1) is 5.92 Å². The first-order valence-electron chi connectivity index (χ1n) is 4.25. The lowest BCUT2D eigenvalue weighted by Crippen LogP contribution is -2.48. The van der Waals surface area contributed by atoms with Crippen LogP contribution in [0.5, 0.6) is 0 Å². The number of amides is 2. The predicted octanol–water partition coefficient (Wildman–Crippen LogP) is -0.473. The highest BCUT2D eigenvalue weighted by Crippen LogP contribution is 2.04. The summed E-state index contributed by atoms with van der Waals surface area (Å²) < 4.78 is 0. The third-order valence-corrected chi connectivity index (χ3v) is 1.54. The van der Waals surface area contributed by atoms with E-state index in [1.807, 2.05) is 19.3 Å². The van der Waals surface area contributed by atoms with E-state index >= 15 is 0 Å². The number of hydrazine groups is 1. The van der Waals surface area contributed by atoms with Gasteiger partial charge in [-0.1, -0.05) is 13.8 Å². The topological polar surface area (TPSA) is 84.2 Å². The van der Waals surface area contributed by atoms with Crippen molar-refractivity contribution in [2.45, 2.75) is 33.2 Å². The molecule has 1 atom stereocenters. The van der Waals surface area contributed by atoms with Crippen molar-refractivity contribution >= 4 is 11.8 Å². The highest BCUT2D eigenvalue weighted by atomic mass is 16.2. The Morgan fingerprint density at radius 1 is 1.38 bits per heavy atom. The number of carbonyl (C=O) groups is 2. The molecule has 5 heteroatoms. The van der Waals surface area contributed by atoms with Crippen LogP contribution in [0.1, 0.15) is 27.2 Å². The van der Waals surface area contributed by atoms with Crippen molar-refractivity contribution in [1.29, 1.82) is 0 Å². The van der Waals surface area contributed by atoms with Gasteiger partial charge in [0.05, 0.1) is 0 Å². The van der Waals surface area contributed by atoms with Gasteiger partial charge in [-0.25, -0.2) is 5.84 Å². The molecule has 0 bridgehead atoms. The minimum atomic E-state index is -0.525. The Hall–Kier alpha value is -1.10. The quantitative estimate of drug-likeness (QED) is 0.316. The van der Waals surface area contributed by atoms with Crippen molar-refractivity contribution in [2.24, 2.45) is 11.8 Å². The normalized spacial score (nSPS) is 12.4. The average Bonchev–Trinajstić information content (AvgIpc) is 2.00. The third kappa shape index (κ3) is 5.19. The van der Waals surface area contributed by atoms with Gasteiger partial charge in [-0.15, -0.1) is 0 Å². The Kier molecular flexibility index (Phi) is 5.06. The third-order valence-electron chi connectivity index (χ3n) is 1.54. The molecule has 0 saturated carbocycles. The molecule has 0 spiro atoms. The molecule has 76 valence electrons. The van der Waals surface area contributed by atoms with Crippen LogP contribution in [0.3, 0.4) is 0 Å². The molecule has 2 amide bonds. The van der Waals surface area contributed by atoms with Crippen LogP contribution in [0.15, 0.2) is 0 Å². The summed E-state index contributed by atoms with van der Waals surface area (Å²) in [5.74, 6) is 4.72. The van der Waals surface area contributed by atoms with Gasteiger partial charge in [0, 0.05) is 6.92 Å². The zero-order valence-corrected chi connectivity index (χ0v) is 8.26. The zero-order valence-electron chi connectivity index (χ0n) is 8.26. The highest BCUT2D eigenvalue weighted by Gasteiger charge is 2.19. The summed E-state index contributed by atoms with van der Waals surface area (Å²) >= 11 is 0. The van der Waals surface area contributed by atoms with E-state index in [9.17, 15) is 9.59 Å². The van der Waals surface area contributed by atoms with Crippen LogP contribution in [0.2, 0.25) is 0 Å². The van der Waals surface area contributed by atoms with E-state index in [-0.39, 0.29) is 11.8 Å². The van der Waals surface area contributed by atoms with E-state index in [1.54, 1.807) is 0 Å². The molecule has 0 radical (unpaired) electrons. The van der Waals surface area contributed by atoms with Crippen molar-refractivity contribution < 1.29 is 9.59 Å². The van der Waals surface area contributed by atoms with Gasteiger partial charge >= 0.3 is 0 Å². The molecule has 0 aromatic rings.